The van der Waals surface area contributed by atoms with Gasteiger partial charge < -0.3 is 21.7 Å². The molecule has 2 amide bonds. The molecule has 0 radical (unpaired) electrons. The molecule has 0 saturated carbocycles. The van der Waals surface area contributed by atoms with E-state index in [9.17, 15) is 18.0 Å². The highest BCUT2D eigenvalue weighted by atomic mass is 79.9. The fraction of sp³-hybridized carbons (Fsp3) is 0.571. The van der Waals surface area contributed by atoms with E-state index in [1.165, 1.54) is 4.31 Å². The van der Waals surface area contributed by atoms with Gasteiger partial charge in [-0.25, -0.2) is 17.7 Å². The van der Waals surface area contributed by atoms with E-state index in [1.54, 1.807) is 12.3 Å². The van der Waals surface area contributed by atoms with Crippen LogP contribution >= 0.6 is 15.9 Å². The van der Waals surface area contributed by atoms with Crippen LogP contribution in [0.25, 0.3) is 0 Å². The first-order chi connectivity index (χ1) is 19.2. The lowest BCUT2D eigenvalue weighted by atomic mass is 9.89. The van der Waals surface area contributed by atoms with Gasteiger partial charge in [0.25, 0.3) is 5.91 Å². The minimum atomic E-state index is -3.48. The lowest BCUT2D eigenvalue weighted by molar-refractivity contribution is -0.121. The Hall–Kier alpha value is -2.77. The predicted octanol–water partition coefficient (Wildman–Crippen LogP) is 4.32. The van der Waals surface area contributed by atoms with Crippen LogP contribution in [0, 0.1) is 12.3 Å². The minimum absolute atomic E-state index is 0.0107. The molecule has 1 aliphatic heterocycles. The number of piperidine rings is 1. The Kier molecular flexibility index (Phi) is 11.5. The summed E-state index contributed by atoms with van der Waals surface area (Å²) >= 11 is 3.44. The zero-order chi connectivity index (χ0) is 30.2. The van der Waals surface area contributed by atoms with E-state index >= 15 is 0 Å². The van der Waals surface area contributed by atoms with Crippen LogP contribution in [0.3, 0.4) is 0 Å². The van der Waals surface area contributed by atoms with E-state index in [-0.39, 0.29) is 29.7 Å². The van der Waals surface area contributed by atoms with Crippen molar-refractivity contribution >= 4 is 55.2 Å². The number of aryl methyl sites for hydroxylation is 1. The third-order valence-corrected chi connectivity index (χ3v) is 9.41. The molecule has 3 rings (SSSR count). The first-order valence-corrected chi connectivity index (χ1v) is 16.4. The number of benzene rings is 1. The van der Waals surface area contributed by atoms with Gasteiger partial charge >= 0.3 is 0 Å². The molecule has 11 nitrogen and oxygen atoms in total. The summed E-state index contributed by atoms with van der Waals surface area (Å²) in [6.45, 7) is 9.19. The molecule has 1 fully saturated rings. The smallest absolute Gasteiger partial charge is 0.251 e. The number of hydrogen-bond acceptors (Lipinski definition) is 8. The largest absolute Gasteiger partial charge is 0.366 e. The second-order valence-electron chi connectivity index (χ2n) is 11.6. The number of anilines is 3. The molecule has 0 atom stereocenters. The maximum atomic E-state index is 12.8. The number of unbranched alkanes of at least 4 members (excludes halogenated alkanes) is 1. The quantitative estimate of drug-likeness (QED) is 0.233. The highest BCUT2D eigenvalue weighted by Gasteiger charge is 2.28. The van der Waals surface area contributed by atoms with Gasteiger partial charge in [-0.2, -0.15) is 4.98 Å². The fourth-order valence-corrected chi connectivity index (χ4v) is 6.37. The number of carbonyl (C=O) groups excluding carboxylic acids is 2. The first-order valence-electron chi connectivity index (χ1n) is 14.0. The number of sulfonamides is 1. The monoisotopic (exact) mass is 651 g/mol. The van der Waals surface area contributed by atoms with Crippen LogP contribution in [0.5, 0.6) is 0 Å². The average molecular weight is 653 g/mol. The number of aromatic nitrogens is 2. The number of nitrogens with two attached hydrogens (primary N) is 1. The molecule has 1 aromatic carbocycles. The summed E-state index contributed by atoms with van der Waals surface area (Å²) in [5, 5.41) is 9.20. The normalized spacial score (nSPS) is 15.0. The Balaban J connectivity index is 1.47. The lowest BCUT2D eigenvalue weighted by Crippen LogP contribution is -2.45. The summed E-state index contributed by atoms with van der Waals surface area (Å²) in [7, 11) is -3.48. The number of hydrogen-bond donors (Lipinski definition) is 4. The number of carbonyl (C=O) groups is 2. The zero-order valence-electron chi connectivity index (χ0n) is 24.3. The fourth-order valence-electron chi connectivity index (χ4n) is 4.69. The van der Waals surface area contributed by atoms with Crippen molar-refractivity contribution in [2.75, 3.05) is 36.0 Å². The second-order valence-corrected chi connectivity index (χ2v) is 14.6. The third kappa shape index (κ3) is 10.2. The molecule has 1 aliphatic rings. The molecule has 13 heteroatoms. The average Bonchev–Trinajstić information content (AvgIpc) is 2.88. The summed E-state index contributed by atoms with van der Waals surface area (Å²) in [4.78, 5) is 32.9. The number of nitrogens with zero attached hydrogens (tertiary/aromatic N) is 3. The van der Waals surface area contributed by atoms with Gasteiger partial charge in [-0.1, -0.05) is 39.3 Å². The van der Waals surface area contributed by atoms with Crippen LogP contribution in [0.4, 0.5) is 17.5 Å². The maximum Gasteiger partial charge on any atom is 0.251 e. The van der Waals surface area contributed by atoms with Gasteiger partial charge in [0.05, 0.1) is 21.5 Å². The van der Waals surface area contributed by atoms with E-state index in [1.807, 2.05) is 19.1 Å². The van der Waals surface area contributed by atoms with Gasteiger partial charge in [0.1, 0.15) is 5.82 Å². The Labute approximate surface area is 251 Å². The van der Waals surface area contributed by atoms with Crippen LogP contribution in [0.2, 0.25) is 0 Å². The molecule has 1 saturated heterocycles. The van der Waals surface area contributed by atoms with Gasteiger partial charge in [0.2, 0.25) is 21.9 Å². The topological polar surface area (TPSA) is 159 Å². The van der Waals surface area contributed by atoms with Gasteiger partial charge in [0, 0.05) is 38.3 Å². The molecule has 0 unspecified atom stereocenters. The van der Waals surface area contributed by atoms with Crippen molar-refractivity contribution in [3.05, 3.63) is 40.0 Å². The Morgan fingerprint density at radius 3 is 2.54 bits per heavy atom. The molecule has 0 spiro atoms. The van der Waals surface area contributed by atoms with E-state index in [2.05, 4.69) is 62.6 Å². The van der Waals surface area contributed by atoms with Crippen molar-refractivity contribution in [2.45, 2.75) is 72.3 Å². The molecular weight excluding hydrogens is 610 g/mol. The predicted molar refractivity (Wildman–Crippen MR) is 166 cm³/mol. The van der Waals surface area contributed by atoms with Crippen LogP contribution in [-0.2, 0) is 14.8 Å². The van der Waals surface area contributed by atoms with Gasteiger partial charge in [0.15, 0.2) is 0 Å². The summed E-state index contributed by atoms with van der Waals surface area (Å²) in [6.07, 6.45) is 6.03. The van der Waals surface area contributed by atoms with Crippen molar-refractivity contribution in [1.82, 2.24) is 19.6 Å². The highest BCUT2D eigenvalue weighted by molar-refractivity contribution is 9.10. The SMILES string of the molecule is Cc1cccc(Nc2nc(NC3CCN(S(=O)(=O)CCNC(=O)CCCCC(C)(C)C)CC3)ncc2Br)c1C(N)=O. The van der Waals surface area contributed by atoms with Crippen molar-refractivity contribution in [3.8, 4) is 0 Å². The molecule has 2 aromatic rings. The maximum absolute atomic E-state index is 12.8. The standard InChI is InChI=1S/C28H42BrN7O4S/c1-19-8-7-9-22(24(19)25(30)38)34-26-21(29)18-32-27(35-26)33-20-11-15-36(16-12-20)41(39,40)17-14-31-23(37)10-5-6-13-28(2,3)4/h7-9,18,20H,5-6,10-17H2,1-4H3,(H2,30,38)(H,31,37)(H2,32,33,34,35). The Bertz CT molecular complexity index is 1320. The summed E-state index contributed by atoms with van der Waals surface area (Å²) < 4.78 is 27.8. The molecule has 5 N–H and O–H groups in total. The molecule has 0 aliphatic carbocycles. The second kappa shape index (κ2) is 14.4. The van der Waals surface area contributed by atoms with E-state index in [0.29, 0.717) is 59.8 Å². The molecule has 41 heavy (non-hydrogen) atoms. The van der Waals surface area contributed by atoms with E-state index < -0.39 is 15.9 Å². The van der Waals surface area contributed by atoms with Crippen LogP contribution in [0.1, 0.15) is 75.2 Å². The van der Waals surface area contributed by atoms with Gasteiger partial charge in [-0.3, -0.25) is 9.59 Å². The minimum Gasteiger partial charge on any atom is -0.366 e. The van der Waals surface area contributed by atoms with Crippen LogP contribution < -0.4 is 21.7 Å². The first kappa shape index (κ1) is 32.7. The van der Waals surface area contributed by atoms with Crippen molar-refractivity contribution in [3.63, 3.8) is 0 Å². The molecular formula is C28H42BrN7O4S. The summed E-state index contributed by atoms with van der Waals surface area (Å²) in [5.41, 5.74) is 7.50. The summed E-state index contributed by atoms with van der Waals surface area (Å²) in [5.74, 6) is 0.0939. The van der Waals surface area contributed by atoms with Crippen LogP contribution in [-0.4, -0.2) is 65.9 Å². The van der Waals surface area contributed by atoms with Crippen molar-refractivity contribution < 1.29 is 18.0 Å². The van der Waals surface area contributed by atoms with Crippen molar-refractivity contribution in [2.24, 2.45) is 11.1 Å². The lowest BCUT2D eigenvalue weighted by Gasteiger charge is -2.31. The number of primary amides is 1. The number of halogens is 1. The third-order valence-electron chi connectivity index (χ3n) is 6.96. The Morgan fingerprint density at radius 1 is 1.17 bits per heavy atom. The molecule has 2 heterocycles. The zero-order valence-corrected chi connectivity index (χ0v) is 26.7. The van der Waals surface area contributed by atoms with E-state index in [0.717, 1.165) is 24.8 Å². The number of nitrogens with one attached hydrogen (secondary N) is 3. The van der Waals surface area contributed by atoms with Gasteiger partial charge in [-0.15, -0.1) is 0 Å². The Morgan fingerprint density at radius 2 is 1.88 bits per heavy atom. The molecule has 1 aromatic heterocycles. The van der Waals surface area contributed by atoms with Gasteiger partial charge in [-0.05, 0) is 65.6 Å². The van der Waals surface area contributed by atoms with Crippen molar-refractivity contribution in [1.29, 1.82) is 0 Å². The number of amides is 2. The molecule has 226 valence electrons. The summed E-state index contributed by atoms with van der Waals surface area (Å²) in [6, 6.07) is 5.38. The van der Waals surface area contributed by atoms with Crippen LogP contribution in [0.15, 0.2) is 28.9 Å². The number of rotatable bonds is 13. The van der Waals surface area contributed by atoms with E-state index in [4.69, 9.17) is 5.73 Å². The molecule has 0 bridgehead atoms. The highest BCUT2D eigenvalue weighted by Crippen LogP contribution is 2.28.